The highest BCUT2D eigenvalue weighted by atomic mass is 15.3. The summed E-state index contributed by atoms with van der Waals surface area (Å²) in [5.41, 5.74) is 3.65. The molecule has 0 unspecified atom stereocenters. The molecule has 6 heteroatoms. The van der Waals surface area contributed by atoms with Crippen molar-refractivity contribution in [2.75, 3.05) is 5.32 Å². The molecule has 0 bridgehead atoms. The van der Waals surface area contributed by atoms with Crippen molar-refractivity contribution in [3.05, 3.63) is 23.3 Å². The van der Waals surface area contributed by atoms with Gasteiger partial charge in [-0.05, 0) is 19.8 Å². The van der Waals surface area contributed by atoms with Gasteiger partial charge >= 0.3 is 0 Å². The third-order valence-electron chi connectivity index (χ3n) is 2.74. The predicted molar refractivity (Wildman–Crippen MR) is 69.9 cm³/mol. The summed E-state index contributed by atoms with van der Waals surface area (Å²) in [5, 5.41) is 15.7. The summed E-state index contributed by atoms with van der Waals surface area (Å²) in [6.07, 6.45) is 1.92. The highest BCUT2D eigenvalue weighted by Gasteiger charge is 2.12. The summed E-state index contributed by atoms with van der Waals surface area (Å²) in [7, 11) is 1.90. The van der Waals surface area contributed by atoms with Gasteiger partial charge in [0.15, 0.2) is 0 Å². The molecule has 0 saturated carbocycles. The average molecular weight is 246 g/mol. The molecule has 0 aromatic carbocycles. The van der Waals surface area contributed by atoms with E-state index in [9.17, 15) is 0 Å². The standard InChI is InChI=1S/C12H18N6/c1-7(2)11-10(6-18(5)17-11)14-12-13-8(3)9(4)15-16-12/h6-7H,1-5H3,(H,13,14,16). The van der Waals surface area contributed by atoms with Crippen LogP contribution in [-0.4, -0.2) is 25.0 Å². The van der Waals surface area contributed by atoms with E-state index < -0.39 is 0 Å². The van der Waals surface area contributed by atoms with Gasteiger partial charge < -0.3 is 5.32 Å². The van der Waals surface area contributed by atoms with Gasteiger partial charge in [0, 0.05) is 13.2 Å². The Bertz CT molecular complexity index is 558. The van der Waals surface area contributed by atoms with E-state index in [2.05, 4.69) is 39.4 Å². The summed E-state index contributed by atoms with van der Waals surface area (Å²) < 4.78 is 1.78. The van der Waals surface area contributed by atoms with Gasteiger partial charge in [-0.15, -0.1) is 5.10 Å². The van der Waals surface area contributed by atoms with Crippen molar-refractivity contribution in [3.63, 3.8) is 0 Å². The Hall–Kier alpha value is -1.98. The molecule has 0 fully saturated rings. The minimum atomic E-state index is 0.341. The molecular weight excluding hydrogens is 228 g/mol. The normalized spacial score (nSPS) is 11.0. The summed E-state index contributed by atoms with van der Waals surface area (Å²) in [4.78, 5) is 4.36. The highest BCUT2D eigenvalue weighted by molar-refractivity contribution is 5.56. The number of anilines is 2. The van der Waals surface area contributed by atoms with E-state index in [1.165, 1.54) is 0 Å². The lowest BCUT2D eigenvalue weighted by atomic mass is 10.1. The second-order valence-electron chi connectivity index (χ2n) is 4.69. The summed E-state index contributed by atoms with van der Waals surface area (Å²) in [6.45, 7) is 8.02. The molecule has 0 saturated heterocycles. The van der Waals surface area contributed by atoms with Gasteiger partial charge in [0.2, 0.25) is 5.95 Å². The Balaban J connectivity index is 2.30. The summed E-state index contributed by atoms with van der Waals surface area (Å²) in [5.74, 6) is 0.848. The van der Waals surface area contributed by atoms with Crippen molar-refractivity contribution in [1.82, 2.24) is 25.0 Å². The van der Waals surface area contributed by atoms with Crippen LogP contribution in [0.5, 0.6) is 0 Å². The SMILES string of the molecule is Cc1nnc(Nc2cn(C)nc2C(C)C)nc1C. The summed E-state index contributed by atoms with van der Waals surface area (Å²) in [6, 6.07) is 0. The smallest absolute Gasteiger partial charge is 0.247 e. The van der Waals surface area contributed by atoms with Crippen LogP contribution in [-0.2, 0) is 7.05 Å². The van der Waals surface area contributed by atoms with E-state index in [1.54, 1.807) is 4.68 Å². The molecule has 2 aromatic rings. The second kappa shape index (κ2) is 4.72. The number of nitrogens with zero attached hydrogens (tertiary/aromatic N) is 5. The maximum Gasteiger partial charge on any atom is 0.247 e. The lowest BCUT2D eigenvalue weighted by Crippen LogP contribution is -2.04. The number of nitrogens with one attached hydrogen (secondary N) is 1. The third kappa shape index (κ3) is 2.47. The zero-order valence-corrected chi connectivity index (χ0v) is 11.4. The molecule has 18 heavy (non-hydrogen) atoms. The number of hydrogen-bond acceptors (Lipinski definition) is 5. The molecule has 0 aliphatic carbocycles. The van der Waals surface area contributed by atoms with Crippen molar-refractivity contribution in [3.8, 4) is 0 Å². The first-order valence-electron chi connectivity index (χ1n) is 5.96. The van der Waals surface area contributed by atoms with Crippen LogP contribution in [0.4, 0.5) is 11.6 Å². The van der Waals surface area contributed by atoms with Crippen LogP contribution in [0.25, 0.3) is 0 Å². The molecule has 96 valence electrons. The van der Waals surface area contributed by atoms with E-state index in [1.807, 2.05) is 27.1 Å². The topological polar surface area (TPSA) is 68.5 Å². The van der Waals surface area contributed by atoms with E-state index in [-0.39, 0.29) is 0 Å². The molecule has 0 spiro atoms. The van der Waals surface area contributed by atoms with Crippen molar-refractivity contribution in [1.29, 1.82) is 0 Å². The Morgan fingerprint density at radius 3 is 2.50 bits per heavy atom. The Kier molecular flexibility index (Phi) is 3.27. The largest absolute Gasteiger partial charge is 0.320 e. The molecule has 0 radical (unpaired) electrons. The first kappa shape index (κ1) is 12.5. The lowest BCUT2D eigenvalue weighted by molar-refractivity contribution is 0.713. The molecule has 0 aliphatic heterocycles. The zero-order chi connectivity index (χ0) is 13.3. The van der Waals surface area contributed by atoms with Crippen LogP contribution in [0.2, 0.25) is 0 Å². The minimum absolute atomic E-state index is 0.341. The van der Waals surface area contributed by atoms with Crippen LogP contribution < -0.4 is 5.32 Å². The number of aryl methyl sites for hydroxylation is 3. The van der Waals surface area contributed by atoms with E-state index in [0.29, 0.717) is 11.9 Å². The molecule has 0 amide bonds. The van der Waals surface area contributed by atoms with Crippen molar-refractivity contribution < 1.29 is 0 Å². The Labute approximate surface area is 106 Å². The van der Waals surface area contributed by atoms with Gasteiger partial charge in [-0.25, -0.2) is 4.98 Å². The maximum atomic E-state index is 4.42. The molecule has 2 rings (SSSR count). The summed E-state index contributed by atoms with van der Waals surface area (Å²) >= 11 is 0. The highest BCUT2D eigenvalue weighted by Crippen LogP contribution is 2.24. The van der Waals surface area contributed by atoms with Crippen molar-refractivity contribution >= 4 is 11.6 Å². The first-order chi connectivity index (χ1) is 8.47. The third-order valence-corrected chi connectivity index (χ3v) is 2.74. The molecule has 1 N–H and O–H groups in total. The fourth-order valence-electron chi connectivity index (χ4n) is 1.66. The molecule has 2 aromatic heterocycles. The molecule has 6 nitrogen and oxygen atoms in total. The molecule has 0 aliphatic rings. The first-order valence-corrected chi connectivity index (χ1v) is 5.96. The fraction of sp³-hybridized carbons (Fsp3) is 0.500. The van der Waals surface area contributed by atoms with Gasteiger partial charge in [-0.1, -0.05) is 13.8 Å². The fourth-order valence-corrected chi connectivity index (χ4v) is 1.66. The maximum absolute atomic E-state index is 4.42. The lowest BCUT2D eigenvalue weighted by Gasteiger charge is -2.07. The van der Waals surface area contributed by atoms with Crippen LogP contribution in [0.3, 0.4) is 0 Å². The molecule has 2 heterocycles. The number of aromatic nitrogens is 5. The van der Waals surface area contributed by atoms with Gasteiger partial charge in [-0.3, -0.25) is 4.68 Å². The molecule has 0 atom stereocenters. The average Bonchev–Trinajstić information content (AvgIpc) is 2.65. The van der Waals surface area contributed by atoms with E-state index >= 15 is 0 Å². The van der Waals surface area contributed by atoms with Crippen LogP contribution in [0, 0.1) is 13.8 Å². The van der Waals surface area contributed by atoms with Crippen molar-refractivity contribution in [2.45, 2.75) is 33.6 Å². The van der Waals surface area contributed by atoms with E-state index in [4.69, 9.17) is 0 Å². The van der Waals surface area contributed by atoms with Crippen molar-refractivity contribution in [2.24, 2.45) is 7.05 Å². The number of hydrogen-bond donors (Lipinski definition) is 1. The minimum Gasteiger partial charge on any atom is -0.320 e. The predicted octanol–water partition coefficient (Wildman–Crippen LogP) is 2.09. The van der Waals surface area contributed by atoms with Crippen LogP contribution in [0.1, 0.15) is 36.8 Å². The quantitative estimate of drug-likeness (QED) is 0.898. The Morgan fingerprint density at radius 1 is 1.17 bits per heavy atom. The zero-order valence-electron chi connectivity index (χ0n) is 11.4. The van der Waals surface area contributed by atoms with E-state index in [0.717, 1.165) is 22.8 Å². The monoisotopic (exact) mass is 246 g/mol. The Morgan fingerprint density at radius 2 is 1.89 bits per heavy atom. The van der Waals surface area contributed by atoms with Crippen LogP contribution >= 0.6 is 0 Å². The molecular formula is C12H18N6. The number of rotatable bonds is 3. The second-order valence-corrected chi connectivity index (χ2v) is 4.69. The van der Waals surface area contributed by atoms with Gasteiger partial charge in [-0.2, -0.15) is 10.2 Å². The van der Waals surface area contributed by atoms with Crippen LogP contribution in [0.15, 0.2) is 6.20 Å². The van der Waals surface area contributed by atoms with Gasteiger partial charge in [0.25, 0.3) is 0 Å². The van der Waals surface area contributed by atoms with Gasteiger partial charge in [0.05, 0.1) is 22.8 Å². The van der Waals surface area contributed by atoms with Gasteiger partial charge in [0.1, 0.15) is 0 Å².